The molecule has 6 nitrogen and oxygen atoms in total. The van der Waals surface area contributed by atoms with Crippen LogP contribution in [0, 0.1) is 6.92 Å². The zero-order valence-electron chi connectivity index (χ0n) is 13.6. The lowest BCUT2D eigenvalue weighted by Crippen LogP contribution is -2.34. The van der Waals surface area contributed by atoms with Crippen LogP contribution in [-0.4, -0.2) is 37.6 Å². The highest BCUT2D eigenvalue weighted by molar-refractivity contribution is 5.61. The van der Waals surface area contributed by atoms with Crippen molar-refractivity contribution in [2.75, 3.05) is 27.5 Å². The Hall–Kier alpha value is -2.21. The van der Waals surface area contributed by atoms with Gasteiger partial charge in [0.05, 0.1) is 12.8 Å². The molecule has 1 aromatic carbocycles. The number of hydrogen-bond donors (Lipinski definition) is 0. The van der Waals surface area contributed by atoms with Gasteiger partial charge in [0.15, 0.2) is 11.5 Å². The van der Waals surface area contributed by atoms with Gasteiger partial charge >= 0.3 is 0 Å². The van der Waals surface area contributed by atoms with Crippen LogP contribution in [0.2, 0.25) is 0 Å². The minimum atomic E-state index is 0.174. The van der Waals surface area contributed by atoms with E-state index in [4.69, 9.17) is 18.7 Å². The third-order valence-electron chi connectivity index (χ3n) is 4.63. The number of aryl methyl sites for hydroxylation is 1. The van der Waals surface area contributed by atoms with Crippen LogP contribution in [0.4, 0.5) is 0 Å². The largest absolute Gasteiger partial charge is 0.492 e. The summed E-state index contributed by atoms with van der Waals surface area (Å²) < 4.78 is 22.1. The van der Waals surface area contributed by atoms with Gasteiger partial charge < -0.3 is 18.7 Å². The molecule has 6 heteroatoms. The molecule has 1 atom stereocenters. The third kappa shape index (κ3) is 2.34. The number of rotatable bonds is 3. The van der Waals surface area contributed by atoms with Crippen molar-refractivity contribution >= 4 is 0 Å². The van der Waals surface area contributed by atoms with E-state index in [0.29, 0.717) is 5.75 Å². The van der Waals surface area contributed by atoms with Gasteiger partial charge in [-0.05, 0) is 32.0 Å². The van der Waals surface area contributed by atoms with E-state index in [1.807, 2.05) is 13.0 Å². The first-order valence-electron chi connectivity index (χ1n) is 7.79. The third-order valence-corrected chi connectivity index (χ3v) is 4.63. The summed E-state index contributed by atoms with van der Waals surface area (Å²) in [5.41, 5.74) is 3.38. The highest BCUT2D eigenvalue weighted by atomic mass is 16.7. The Morgan fingerprint density at radius 1 is 1.35 bits per heavy atom. The Bertz CT molecular complexity index is 740. The summed E-state index contributed by atoms with van der Waals surface area (Å²) in [6.45, 7) is 3.14. The maximum Gasteiger partial charge on any atom is 0.231 e. The van der Waals surface area contributed by atoms with Crippen LogP contribution in [0.25, 0.3) is 0 Å². The maximum absolute atomic E-state index is 5.70. The number of nitrogens with zero attached hydrogens (tertiary/aromatic N) is 2. The zero-order valence-corrected chi connectivity index (χ0v) is 13.6. The van der Waals surface area contributed by atoms with Crippen molar-refractivity contribution in [3.05, 3.63) is 34.7 Å². The monoisotopic (exact) mass is 316 g/mol. The van der Waals surface area contributed by atoms with Gasteiger partial charge in [-0.1, -0.05) is 5.16 Å². The Balaban J connectivity index is 1.80. The molecule has 1 aromatic heterocycles. The average molecular weight is 316 g/mol. The topological polar surface area (TPSA) is 57.0 Å². The van der Waals surface area contributed by atoms with Crippen LogP contribution in [0.15, 0.2) is 16.7 Å². The lowest BCUT2D eigenvalue weighted by atomic mass is 9.88. The molecule has 0 saturated carbocycles. The van der Waals surface area contributed by atoms with Crippen LogP contribution in [0.3, 0.4) is 0 Å². The summed E-state index contributed by atoms with van der Waals surface area (Å²) in [6.07, 6.45) is 1.74. The fourth-order valence-corrected chi connectivity index (χ4v) is 3.50. The summed E-state index contributed by atoms with van der Waals surface area (Å²) in [7, 11) is 3.81. The molecule has 0 aliphatic carbocycles. The van der Waals surface area contributed by atoms with Crippen molar-refractivity contribution in [3.63, 3.8) is 0 Å². The molecule has 4 rings (SSSR count). The lowest BCUT2D eigenvalue weighted by molar-refractivity contribution is 0.170. The molecule has 0 radical (unpaired) electrons. The van der Waals surface area contributed by atoms with Gasteiger partial charge in [-0.2, -0.15) is 0 Å². The van der Waals surface area contributed by atoms with Gasteiger partial charge in [0.1, 0.15) is 5.76 Å². The van der Waals surface area contributed by atoms with E-state index in [-0.39, 0.29) is 12.8 Å². The second-order valence-corrected chi connectivity index (χ2v) is 6.10. The number of ether oxygens (including phenoxy) is 3. The zero-order chi connectivity index (χ0) is 16.0. The van der Waals surface area contributed by atoms with Gasteiger partial charge in [-0.15, -0.1) is 0 Å². The smallest absolute Gasteiger partial charge is 0.231 e. The van der Waals surface area contributed by atoms with Crippen molar-refractivity contribution in [1.29, 1.82) is 0 Å². The number of benzene rings is 1. The Kier molecular flexibility index (Phi) is 3.41. The molecule has 1 unspecified atom stereocenters. The fourth-order valence-electron chi connectivity index (χ4n) is 3.50. The van der Waals surface area contributed by atoms with Crippen LogP contribution >= 0.6 is 0 Å². The first kappa shape index (κ1) is 14.4. The quantitative estimate of drug-likeness (QED) is 0.867. The van der Waals surface area contributed by atoms with E-state index in [1.54, 1.807) is 7.11 Å². The van der Waals surface area contributed by atoms with Crippen LogP contribution < -0.4 is 14.2 Å². The van der Waals surface area contributed by atoms with Crippen molar-refractivity contribution in [2.24, 2.45) is 0 Å². The highest BCUT2D eigenvalue weighted by Crippen LogP contribution is 2.49. The molecule has 0 fully saturated rings. The van der Waals surface area contributed by atoms with E-state index in [1.165, 1.54) is 11.1 Å². The van der Waals surface area contributed by atoms with Crippen molar-refractivity contribution in [2.45, 2.75) is 25.8 Å². The molecular formula is C17H20N2O4. The average Bonchev–Trinajstić information content (AvgIpc) is 3.16. The first-order chi connectivity index (χ1) is 11.2. The Morgan fingerprint density at radius 2 is 2.22 bits per heavy atom. The normalized spacial score (nSPS) is 19.7. The molecule has 2 aromatic rings. The number of methoxy groups -OCH3 is 1. The van der Waals surface area contributed by atoms with Crippen LogP contribution in [0.1, 0.15) is 28.6 Å². The molecule has 122 valence electrons. The Labute approximate surface area is 134 Å². The molecule has 2 aliphatic heterocycles. The van der Waals surface area contributed by atoms with Crippen LogP contribution in [-0.2, 0) is 12.8 Å². The predicted molar refractivity (Wildman–Crippen MR) is 83.1 cm³/mol. The molecule has 23 heavy (non-hydrogen) atoms. The van der Waals surface area contributed by atoms with E-state index >= 15 is 0 Å². The minimum Gasteiger partial charge on any atom is -0.492 e. The van der Waals surface area contributed by atoms with Gasteiger partial charge in [0.25, 0.3) is 0 Å². The van der Waals surface area contributed by atoms with Gasteiger partial charge in [-0.25, -0.2) is 0 Å². The number of likely N-dealkylation sites (N-methyl/N-ethyl adjacent to an activating group) is 1. The van der Waals surface area contributed by atoms with Gasteiger partial charge in [0, 0.05) is 30.6 Å². The molecule has 0 N–H and O–H groups in total. The number of hydrogen-bond acceptors (Lipinski definition) is 6. The van der Waals surface area contributed by atoms with Crippen molar-refractivity contribution < 1.29 is 18.7 Å². The molecule has 0 spiro atoms. The second-order valence-electron chi connectivity index (χ2n) is 6.10. The molecule has 0 saturated heterocycles. The summed E-state index contributed by atoms with van der Waals surface area (Å²) >= 11 is 0. The summed E-state index contributed by atoms with van der Waals surface area (Å²) in [5, 5.41) is 4.15. The highest BCUT2D eigenvalue weighted by Gasteiger charge is 2.34. The van der Waals surface area contributed by atoms with Crippen LogP contribution in [0.5, 0.6) is 17.2 Å². The van der Waals surface area contributed by atoms with E-state index < -0.39 is 0 Å². The van der Waals surface area contributed by atoms with Crippen molar-refractivity contribution in [1.82, 2.24) is 10.1 Å². The molecular weight excluding hydrogens is 296 g/mol. The molecule has 0 amide bonds. The predicted octanol–water partition coefficient (Wildman–Crippen LogP) is 2.49. The summed E-state index contributed by atoms with van der Waals surface area (Å²) in [4.78, 5) is 2.33. The van der Waals surface area contributed by atoms with E-state index in [2.05, 4.69) is 23.2 Å². The first-order valence-corrected chi connectivity index (χ1v) is 7.79. The Morgan fingerprint density at radius 3 is 2.96 bits per heavy atom. The number of aromatic nitrogens is 1. The van der Waals surface area contributed by atoms with Crippen molar-refractivity contribution in [3.8, 4) is 17.2 Å². The second kappa shape index (κ2) is 5.45. The standard InChI is InChI=1S/C17H20N2O4/c1-10-6-12(18-23-10)8-13-15-11(4-5-19(13)2)7-14-16(17(15)20-3)22-9-21-14/h6-7,13H,4-5,8-9H2,1-3H3. The van der Waals surface area contributed by atoms with E-state index in [0.717, 1.165) is 42.3 Å². The maximum atomic E-state index is 5.70. The molecule has 0 bridgehead atoms. The van der Waals surface area contributed by atoms with Gasteiger partial charge in [0.2, 0.25) is 12.5 Å². The minimum absolute atomic E-state index is 0.174. The fraction of sp³-hybridized carbons (Fsp3) is 0.471. The molecule has 3 heterocycles. The molecule has 2 aliphatic rings. The lowest BCUT2D eigenvalue weighted by Gasteiger charge is -2.35. The SMILES string of the molecule is COc1c2c(cc3c1C(Cc1cc(C)on1)N(C)CC3)OCO2. The summed E-state index contributed by atoms with van der Waals surface area (Å²) in [5.74, 6) is 3.10. The van der Waals surface area contributed by atoms with E-state index in [9.17, 15) is 0 Å². The summed E-state index contributed by atoms with van der Waals surface area (Å²) in [6, 6.07) is 4.25. The van der Waals surface area contributed by atoms with Gasteiger partial charge in [-0.3, -0.25) is 4.90 Å². The number of fused-ring (bicyclic) bond motifs is 2.